The number of carbonyl (C=O) groups excluding carboxylic acids is 13. The summed E-state index contributed by atoms with van der Waals surface area (Å²) in [6.07, 6.45) is 1.43. The number of thioether (sulfide) groups is 1. The first-order valence-corrected chi connectivity index (χ1v) is 38.4. The molecule has 2 aliphatic heterocycles. The molecular formula is C73H129N17O15S. The Morgan fingerprint density at radius 1 is 0.594 bits per heavy atom. The molecule has 1 aromatic heterocycles. The van der Waals surface area contributed by atoms with Crippen LogP contribution < -0.4 is 26.6 Å². The van der Waals surface area contributed by atoms with Gasteiger partial charge in [-0.25, -0.2) is 14.5 Å². The summed E-state index contributed by atoms with van der Waals surface area (Å²) in [5.41, 5.74) is -1.43. The third-order valence-corrected chi connectivity index (χ3v) is 21.3. The Morgan fingerprint density at radius 3 is 1.62 bits per heavy atom. The molecule has 13 amide bonds. The number of ether oxygens (including phenoxy) is 1. The highest BCUT2D eigenvalue weighted by atomic mass is 32.2. The second-order valence-corrected chi connectivity index (χ2v) is 33.1. The SMILES string of the molecule is CC[C@@H]1NC(=O)[C@@H]2[C@@H]([C@@H](C)CCCCCSc3nnnn3C)ON2C(=O)[C@@H](C(C)C)N(C)C(=O)[C@H](CC(C)C)N(C)C(=O)[C@@H](CC(C)C)N(C)C(=O)[C@@H](C)NC(=O)[C@H](C)NC(=O)[C@H](CC(C)C)N(C)C(=O)[C@H](C(C)C)NC(=O)[C@H](C(C)(C)CN(C)C(=O)[C@@H](NC(=O)OC)C(C)C)N(C)C(=O)[C@H](C)N(C)C1=O. The minimum absolute atomic E-state index is 0.0143. The highest BCUT2D eigenvalue weighted by molar-refractivity contribution is 7.99. The highest BCUT2D eigenvalue weighted by Gasteiger charge is 2.55. The lowest BCUT2D eigenvalue weighted by molar-refractivity contribution is -0.322. The largest absolute Gasteiger partial charge is 0.453 e. The van der Waals surface area contributed by atoms with Crippen molar-refractivity contribution in [3.63, 3.8) is 0 Å². The molecule has 0 spiro atoms. The number of alkyl carbamates (subject to hydrolysis) is 1. The number of hydrogen-bond acceptors (Lipinski definition) is 19. The first-order valence-electron chi connectivity index (χ1n) is 37.4. The topological polar surface area (TPSA) is 370 Å². The lowest BCUT2D eigenvalue weighted by atomic mass is 9.81. The Morgan fingerprint density at radius 2 is 1.12 bits per heavy atom. The normalized spacial score (nSPS) is 25.7. The Bertz CT molecular complexity index is 3200. The van der Waals surface area contributed by atoms with Crippen molar-refractivity contribution >= 4 is 88.7 Å². The van der Waals surface area contributed by atoms with Crippen LogP contribution in [-0.2, 0) is 74.2 Å². The zero-order valence-corrected chi connectivity index (χ0v) is 69.3. The Hall–Kier alpha value is -7.71. The number of rotatable bonds is 23. The van der Waals surface area contributed by atoms with Crippen molar-refractivity contribution < 1.29 is 71.9 Å². The third-order valence-electron chi connectivity index (χ3n) is 20.2. The van der Waals surface area contributed by atoms with Crippen LogP contribution in [0, 0.1) is 46.8 Å². The number of fused-ring (bicyclic) bond motifs is 1. The van der Waals surface area contributed by atoms with Crippen molar-refractivity contribution in [1.29, 1.82) is 0 Å². The van der Waals surface area contributed by atoms with Gasteiger partial charge in [-0.05, 0) is 111 Å². The number of aryl methyl sites for hydroxylation is 1. The van der Waals surface area contributed by atoms with E-state index in [1.165, 1.54) is 106 Å². The predicted molar refractivity (Wildman–Crippen MR) is 401 cm³/mol. The van der Waals surface area contributed by atoms with E-state index in [2.05, 4.69) is 42.1 Å². The van der Waals surface area contributed by atoms with Crippen molar-refractivity contribution in [2.24, 2.45) is 53.9 Å². The molecule has 3 rings (SSSR count). The monoisotopic (exact) mass is 1520 g/mol. The molecule has 32 nitrogen and oxygen atoms in total. The molecule has 106 heavy (non-hydrogen) atoms. The van der Waals surface area contributed by atoms with Gasteiger partial charge in [0.15, 0.2) is 6.04 Å². The Labute approximate surface area is 633 Å². The van der Waals surface area contributed by atoms with Crippen molar-refractivity contribution in [2.45, 2.75) is 267 Å². The lowest BCUT2D eigenvalue weighted by Gasteiger charge is -2.50. The number of nitrogens with one attached hydrogen (secondary N) is 5. The number of likely N-dealkylation sites (N-methyl/N-ethyl adjacent to an activating group) is 7. The van der Waals surface area contributed by atoms with Gasteiger partial charge in [0.25, 0.3) is 5.91 Å². The lowest BCUT2D eigenvalue weighted by Crippen LogP contribution is -2.72. The number of methoxy groups -OCH3 is 1. The van der Waals surface area contributed by atoms with E-state index in [4.69, 9.17) is 9.57 Å². The molecule has 2 aliphatic rings. The van der Waals surface area contributed by atoms with Crippen LogP contribution in [0.1, 0.15) is 183 Å². The zero-order chi connectivity index (χ0) is 81.2. The van der Waals surface area contributed by atoms with Crippen LogP contribution in [-0.4, -0.2) is 284 Å². The smallest absolute Gasteiger partial charge is 0.407 e. The van der Waals surface area contributed by atoms with E-state index in [1.54, 1.807) is 74.0 Å². The van der Waals surface area contributed by atoms with Gasteiger partial charge in [0.1, 0.15) is 72.6 Å². The molecular weight excluding hydrogens is 1390 g/mol. The third kappa shape index (κ3) is 24.1. The summed E-state index contributed by atoms with van der Waals surface area (Å²) in [4.78, 5) is 207. The first-order chi connectivity index (χ1) is 49.1. The Kier molecular flexibility index (Phi) is 35.8. The van der Waals surface area contributed by atoms with Crippen LogP contribution in [0.15, 0.2) is 5.16 Å². The minimum Gasteiger partial charge on any atom is -0.453 e. The molecule has 0 saturated carbocycles. The van der Waals surface area contributed by atoms with E-state index >= 15 is 38.4 Å². The van der Waals surface area contributed by atoms with Crippen molar-refractivity contribution in [3.05, 3.63) is 0 Å². The van der Waals surface area contributed by atoms with Crippen LogP contribution in [0.2, 0.25) is 0 Å². The quantitative estimate of drug-likeness (QED) is 0.0770. The fourth-order valence-electron chi connectivity index (χ4n) is 13.8. The maximum absolute atomic E-state index is 15.6. The van der Waals surface area contributed by atoms with Crippen molar-refractivity contribution in [1.82, 2.24) is 86.2 Å². The van der Waals surface area contributed by atoms with Gasteiger partial charge < -0.3 is 65.6 Å². The van der Waals surface area contributed by atoms with Crippen LogP contribution in [0.3, 0.4) is 0 Å². The molecule has 2 fully saturated rings. The number of amides is 13. The summed E-state index contributed by atoms with van der Waals surface area (Å²) in [7, 11) is 12.8. The standard InChI is InChI=1S/C73H129N17O15S/c1-29-49-65(97)83(21)48(17)64(96)88(26)58(73(18,19)38-82(20)68(100)53(42(8)9)78-72(103)104-28)62(94)77-54(43(10)11)69(101)84(22)50(35-39(2)3)60(92)74-46(15)59(91)75-47(16)63(95)85(23)51(36-40(4)5)66(98)86(24)52(37-41(6)7)67(99)87(25)55(44(12)13)70(102)90-56(61(93)76-49)57(105-90)45(14)33-31-30-32-34-106-71-79-80-81-89(71)27/h39-58H,29-38H2,1-28H3,(H,74,92)(H,75,91)(H,76,93)(H,77,94)(H,78,103)/t45-,46-,47+,48-,49-,50-,51+,52-,53-,54-,55+,56-,57+,58+/m0/s1. The molecule has 5 N–H and O–H groups in total. The van der Waals surface area contributed by atoms with Crippen molar-refractivity contribution in [2.75, 3.05) is 68.7 Å². The fraction of sp³-hybridized carbons (Fsp3) is 0.808. The van der Waals surface area contributed by atoms with Gasteiger partial charge in [-0.15, -0.1) is 5.10 Å². The van der Waals surface area contributed by atoms with Crippen LogP contribution in [0.5, 0.6) is 0 Å². The summed E-state index contributed by atoms with van der Waals surface area (Å²) in [5, 5.41) is 27.0. The molecule has 33 heteroatoms. The molecule has 3 heterocycles. The van der Waals surface area contributed by atoms with Crippen LogP contribution >= 0.6 is 11.8 Å². The maximum atomic E-state index is 15.6. The molecule has 0 unspecified atom stereocenters. The first kappa shape index (κ1) is 92.5. The molecule has 0 bridgehead atoms. The van der Waals surface area contributed by atoms with Crippen molar-refractivity contribution in [3.8, 4) is 0 Å². The van der Waals surface area contributed by atoms with E-state index in [9.17, 15) is 24.0 Å². The van der Waals surface area contributed by atoms with Crippen LogP contribution in [0.25, 0.3) is 0 Å². The van der Waals surface area contributed by atoms with E-state index in [0.29, 0.717) is 18.0 Å². The number of unbranched alkanes of at least 4 members (excludes halogenated alkanes) is 2. The summed E-state index contributed by atoms with van der Waals surface area (Å²) < 4.78 is 6.42. The maximum Gasteiger partial charge on any atom is 0.407 e. The van der Waals surface area contributed by atoms with Gasteiger partial charge in [0.2, 0.25) is 70.1 Å². The summed E-state index contributed by atoms with van der Waals surface area (Å²) in [6, 6.07) is -15.5. The van der Waals surface area contributed by atoms with E-state index < -0.39 is 179 Å². The number of hydrogen-bond donors (Lipinski definition) is 5. The number of aromatic nitrogens is 4. The molecule has 0 aromatic carbocycles. The second kappa shape index (κ2) is 41.0. The molecule has 14 atom stereocenters. The van der Waals surface area contributed by atoms with Gasteiger partial charge in [0, 0.05) is 74.1 Å². The summed E-state index contributed by atoms with van der Waals surface area (Å²) in [6.45, 7) is 32.3. The van der Waals surface area contributed by atoms with Gasteiger partial charge >= 0.3 is 6.09 Å². The molecule has 602 valence electrons. The van der Waals surface area contributed by atoms with Gasteiger partial charge in [-0.3, -0.25) is 62.4 Å². The van der Waals surface area contributed by atoms with E-state index in [-0.39, 0.29) is 55.9 Å². The fourth-order valence-corrected chi connectivity index (χ4v) is 14.6. The average molecular weight is 1520 g/mol. The van der Waals surface area contributed by atoms with Gasteiger partial charge in [-0.1, -0.05) is 135 Å². The zero-order valence-electron chi connectivity index (χ0n) is 68.5. The van der Waals surface area contributed by atoms with E-state index in [1.807, 2.05) is 48.5 Å². The summed E-state index contributed by atoms with van der Waals surface area (Å²) >= 11 is 1.52. The average Bonchev–Trinajstić information content (AvgIpc) is 0.943. The number of carbonyl (C=O) groups is 13. The summed E-state index contributed by atoms with van der Waals surface area (Å²) in [5.74, 6) is -10.5. The Balaban J connectivity index is 2.37. The van der Waals surface area contributed by atoms with Crippen LogP contribution in [0.4, 0.5) is 4.79 Å². The second-order valence-electron chi connectivity index (χ2n) is 32.0. The highest BCUT2D eigenvalue weighted by Crippen LogP contribution is 2.35. The number of tetrazole rings is 1. The number of hydroxylamine groups is 2. The predicted octanol–water partition coefficient (Wildman–Crippen LogP) is 3.71. The number of nitrogens with zero attached hydrogens (tertiary/aromatic N) is 12. The van der Waals surface area contributed by atoms with Gasteiger partial charge in [-0.2, -0.15) is 0 Å². The molecule has 0 aliphatic carbocycles. The van der Waals surface area contributed by atoms with Gasteiger partial charge in [0.05, 0.1) is 7.11 Å². The molecule has 2 saturated heterocycles. The molecule has 1 aromatic rings. The minimum atomic E-state index is -1.55. The van der Waals surface area contributed by atoms with E-state index in [0.717, 1.165) is 40.6 Å². The molecule has 0 radical (unpaired) electrons.